The van der Waals surface area contributed by atoms with Crippen molar-refractivity contribution in [3.05, 3.63) is 65.5 Å². The number of nitrogens with one attached hydrogen (secondary N) is 1. The zero-order chi connectivity index (χ0) is 18.2. The molecule has 0 unspecified atom stereocenters. The molecule has 0 atom stereocenters. The van der Waals surface area contributed by atoms with Crippen LogP contribution in [-0.4, -0.2) is 18.5 Å². The molecule has 0 saturated heterocycles. The van der Waals surface area contributed by atoms with E-state index in [-0.39, 0.29) is 11.3 Å². The molecule has 6 nitrogen and oxygen atoms in total. The number of nitrogens with zero attached hydrogens (tertiary/aromatic N) is 1. The molecule has 1 N–H and O–H groups in total. The first-order chi connectivity index (χ1) is 12.0. The maximum atomic E-state index is 12.9. The molecule has 0 heterocycles. The Balaban J connectivity index is 2.22. The Hall–Kier alpha value is -3.66. The molecule has 0 aliphatic rings. The number of carbonyl (C=O) groups is 2. The third-order valence-electron chi connectivity index (χ3n) is 3.03. The molecule has 0 fully saturated rings. The highest BCUT2D eigenvalue weighted by atomic mass is 19.1. The number of amides is 1. The summed E-state index contributed by atoms with van der Waals surface area (Å²) in [5, 5.41) is 22.2. The van der Waals surface area contributed by atoms with Crippen molar-refractivity contribution in [2.75, 3.05) is 11.9 Å². The molecular weight excluding hydrogens is 327 g/mol. The predicted molar refractivity (Wildman–Crippen MR) is 85.6 cm³/mol. The van der Waals surface area contributed by atoms with E-state index < -0.39 is 24.3 Å². The normalized spacial score (nSPS) is 10.6. The van der Waals surface area contributed by atoms with Gasteiger partial charge < -0.3 is 20.0 Å². The van der Waals surface area contributed by atoms with Crippen LogP contribution < -0.4 is 15.2 Å². The van der Waals surface area contributed by atoms with Gasteiger partial charge in [0, 0.05) is 11.3 Å². The lowest BCUT2D eigenvalue weighted by Gasteiger charge is -2.10. The van der Waals surface area contributed by atoms with Crippen molar-refractivity contribution < 1.29 is 23.8 Å². The maximum Gasteiger partial charge on any atom is 0.266 e. The Kier molecular flexibility index (Phi) is 5.85. The molecule has 2 rings (SSSR count). The van der Waals surface area contributed by atoms with Gasteiger partial charge in [-0.15, -0.1) is 0 Å². The van der Waals surface area contributed by atoms with Crippen LogP contribution >= 0.6 is 0 Å². The van der Waals surface area contributed by atoms with E-state index in [1.807, 2.05) is 0 Å². The highest BCUT2D eigenvalue weighted by molar-refractivity contribution is 6.09. The summed E-state index contributed by atoms with van der Waals surface area (Å²) in [5.74, 6) is -2.35. The average Bonchev–Trinajstić information content (AvgIpc) is 2.60. The average molecular weight is 339 g/mol. The smallest absolute Gasteiger partial charge is 0.266 e. The number of carboxylic acids is 1. The number of ether oxygens (including phenoxy) is 1. The minimum atomic E-state index is -1.40. The maximum absolute atomic E-state index is 12.9. The first-order valence-corrected chi connectivity index (χ1v) is 7.10. The molecule has 126 valence electrons. The largest absolute Gasteiger partial charge is 0.546 e. The van der Waals surface area contributed by atoms with E-state index >= 15 is 0 Å². The summed E-state index contributed by atoms with van der Waals surface area (Å²) in [6, 6.07) is 13.2. The van der Waals surface area contributed by atoms with Crippen molar-refractivity contribution in [1.82, 2.24) is 0 Å². The second-order valence-corrected chi connectivity index (χ2v) is 4.83. The third-order valence-corrected chi connectivity index (χ3v) is 3.03. The number of nitriles is 1. The Morgan fingerprint density at radius 1 is 1.20 bits per heavy atom. The number of aliphatic carboxylic acids is 1. The topological polar surface area (TPSA) is 102 Å². The fourth-order valence-corrected chi connectivity index (χ4v) is 1.90. The van der Waals surface area contributed by atoms with Crippen molar-refractivity contribution in [2.24, 2.45) is 0 Å². The number of carbonyl (C=O) groups excluding carboxylic acids is 2. The lowest BCUT2D eigenvalue weighted by Crippen LogP contribution is -2.29. The zero-order valence-electron chi connectivity index (χ0n) is 12.9. The van der Waals surface area contributed by atoms with E-state index in [1.54, 1.807) is 24.3 Å². The molecular formula is C18H12FN2O4-. The minimum Gasteiger partial charge on any atom is -0.546 e. The fraction of sp³-hybridized carbons (Fsp3) is 0.0556. The van der Waals surface area contributed by atoms with E-state index in [0.717, 1.165) is 0 Å². The third kappa shape index (κ3) is 5.18. The number of anilines is 1. The highest BCUT2D eigenvalue weighted by Gasteiger charge is 2.11. The number of halogens is 1. The molecule has 1 amide bonds. The van der Waals surface area contributed by atoms with Gasteiger partial charge in [-0.3, -0.25) is 4.79 Å². The molecule has 0 aliphatic carbocycles. The lowest BCUT2D eigenvalue weighted by atomic mass is 10.1. The molecule has 0 spiro atoms. The second kappa shape index (κ2) is 8.26. The number of para-hydroxylation sites is 1. The van der Waals surface area contributed by atoms with E-state index in [0.29, 0.717) is 11.3 Å². The van der Waals surface area contributed by atoms with Crippen LogP contribution in [0.25, 0.3) is 6.08 Å². The first kappa shape index (κ1) is 17.7. The summed E-state index contributed by atoms with van der Waals surface area (Å²) in [5.41, 5.74) is 0.456. The van der Waals surface area contributed by atoms with Gasteiger partial charge in [0.1, 0.15) is 29.8 Å². The summed E-state index contributed by atoms with van der Waals surface area (Å²) < 4.78 is 17.9. The molecule has 2 aromatic rings. The zero-order valence-corrected chi connectivity index (χ0v) is 12.9. The van der Waals surface area contributed by atoms with Crippen LogP contribution in [0.15, 0.2) is 54.1 Å². The predicted octanol–water partition coefficient (Wildman–Crippen LogP) is 1.50. The summed E-state index contributed by atoms with van der Waals surface area (Å²) in [4.78, 5) is 22.7. The minimum absolute atomic E-state index is 0.189. The molecule has 25 heavy (non-hydrogen) atoms. The van der Waals surface area contributed by atoms with Gasteiger partial charge in [-0.05, 0) is 36.4 Å². The van der Waals surface area contributed by atoms with Crippen LogP contribution in [0.4, 0.5) is 10.1 Å². The molecule has 0 radical (unpaired) electrons. The number of rotatable bonds is 6. The van der Waals surface area contributed by atoms with Gasteiger partial charge in [0.15, 0.2) is 0 Å². The van der Waals surface area contributed by atoms with Gasteiger partial charge >= 0.3 is 0 Å². The van der Waals surface area contributed by atoms with Gasteiger partial charge in [-0.25, -0.2) is 4.39 Å². The number of hydrogen-bond donors (Lipinski definition) is 1. The SMILES string of the molecule is N#C/C(=C\c1ccccc1OCC(=O)[O-])C(=O)Nc1ccc(F)cc1. The van der Waals surface area contributed by atoms with E-state index in [9.17, 15) is 24.3 Å². The lowest BCUT2D eigenvalue weighted by molar-refractivity contribution is -0.307. The monoisotopic (exact) mass is 339 g/mol. The number of carboxylic acid groups (broad SMARTS) is 1. The number of hydrogen-bond acceptors (Lipinski definition) is 5. The summed E-state index contributed by atoms with van der Waals surface area (Å²) in [6.45, 7) is -0.658. The van der Waals surface area contributed by atoms with Crippen LogP contribution in [0.5, 0.6) is 5.75 Å². The molecule has 0 aromatic heterocycles. The van der Waals surface area contributed by atoms with Gasteiger partial charge in [0.05, 0.1) is 5.97 Å². The molecule has 2 aromatic carbocycles. The standard InChI is InChI=1S/C18H13FN2O4/c19-14-5-7-15(8-6-14)21-18(24)13(10-20)9-12-3-1-2-4-16(12)25-11-17(22)23/h1-9H,11H2,(H,21,24)(H,22,23)/p-1/b13-9+. The van der Waals surface area contributed by atoms with Gasteiger partial charge in [0.25, 0.3) is 5.91 Å². The molecule has 0 saturated carbocycles. The number of benzene rings is 2. The van der Waals surface area contributed by atoms with E-state index in [2.05, 4.69) is 5.32 Å². The van der Waals surface area contributed by atoms with Crippen molar-refractivity contribution in [1.29, 1.82) is 5.26 Å². The Bertz CT molecular complexity index is 854. The summed E-state index contributed by atoms with van der Waals surface area (Å²) >= 11 is 0. The second-order valence-electron chi connectivity index (χ2n) is 4.83. The highest BCUT2D eigenvalue weighted by Crippen LogP contribution is 2.21. The van der Waals surface area contributed by atoms with Gasteiger partial charge in [0.2, 0.25) is 0 Å². The quantitative estimate of drug-likeness (QED) is 0.635. The van der Waals surface area contributed by atoms with E-state index in [4.69, 9.17) is 4.74 Å². The van der Waals surface area contributed by atoms with Gasteiger partial charge in [-0.2, -0.15) is 5.26 Å². The Morgan fingerprint density at radius 3 is 2.52 bits per heavy atom. The van der Waals surface area contributed by atoms with Crippen LogP contribution in [0, 0.1) is 17.1 Å². The van der Waals surface area contributed by atoms with Crippen molar-refractivity contribution in [3.8, 4) is 11.8 Å². The van der Waals surface area contributed by atoms with Crippen LogP contribution in [0.3, 0.4) is 0 Å². The van der Waals surface area contributed by atoms with E-state index in [1.165, 1.54) is 36.4 Å². The molecule has 0 aliphatic heterocycles. The Morgan fingerprint density at radius 2 is 1.88 bits per heavy atom. The van der Waals surface area contributed by atoms with Crippen LogP contribution in [0.1, 0.15) is 5.56 Å². The summed E-state index contributed by atoms with van der Waals surface area (Å²) in [7, 11) is 0. The fourth-order valence-electron chi connectivity index (χ4n) is 1.90. The van der Waals surface area contributed by atoms with Gasteiger partial charge in [-0.1, -0.05) is 18.2 Å². The van der Waals surface area contributed by atoms with Crippen molar-refractivity contribution in [3.63, 3.8) is 0 Å². The Labute approximate surface area is 142 Å². The summed E-state index contributed by atoms with van der Waals surface area (Å²) in [6.07, 6.45) is 1.27. The van der Waals surface area contributed by atoms with Crippen molar-refractivity contribution >= 4 is 23.6 Å². The molecule has 7 heteroatoms. The van der Waals surface area contributed by atoms with Crippen molar-refractivity contribution in [2.45, 2.75) is 0 Å². The van der Waals surface area contributed by atoms with Crippen LogP contribution in [-0.2, 0) is 9.59 Å². The first-order valence-electron chi connectivity index (χ1n) is 7.10. The van der Waals surface area contributed by atoms with Crippen LogP contribution in [0.2, 0.25) is 0 Å². The molecule has 0 bridgehead atoms.